The van der Waals surface area contributed by atoms with Gasteiger partial charge in [0.05, 0.1) is 0 Å². The van der Waals surface area contributed by atoms with Gasteiger partial charge in [0, 0.05) is 11.9 Å². The molecule has 84 valence electrons. The van der Waals surface area contributed by atoms with Crippen LogP contribution in [0.5, 0.6) is 0 Å². The highest BCUT2D eigenvalue weighted by Crippen LogP contribution is 2.06. The second-order valence-electron chi connectivity index (χ2n) is 4.14. The van der Waals surface area contributed by atoms with Crippen LogP contribution in [-0.2, 0) is 4.74 Å². The molecule has 1 unspecified atom stereocenters. The van der Waals surface area contributed by atoms with Gasteiger partial charge in [-0.25, -0.2) is 4.79 Å². The second-order valence-corrected chi connectivity index (χ2v) is 4.80. The number of ether oxygens (including phenoxy) is 1. The van der Waals surface area contributed by atoms with Crippen molar-refractivity contribution in [2.45, 2.75) is 44.6 Å². The van der Waals surface area contributed by atoms with E-state index in [1.807, 2.05) is 20.8 Å². The molecule has 0 saturated heterocycles. The maximum atomic E-state index is 11.1. The summed E-state index contributed by atoms with van der Waals surface area (Å²) >= 11 is 4.03. The number of hydrogen-bond donors (Lipinski definition) is 3. The number of rotatable bonds is 4. The Bertz CT molecular complexity index is 178. The van der Waals surface area contributed by atoms with Gasteiger partial charge in [-0.3, -0.25) is 0 Å². The number of nitrogens with one attached hydrogen (secondary N) is 1. The number of carbonyl (C=O) groups is 1. The summed E-state index contributed by atoms with van der Waals surface area (Å²) in [5.74, 6) is 0. The number of amides is 1. The quantitative estimate of drug-likeness (QED) is 0.382. The maximum Gasteiger partial charge on any atom is 0.407 e. The number of hydrogen-bond acceptors (Lipinski definition) is 4. The Morgan fingerprint density at radius 3 is 2.57 bits per heavy atom. The van der Waals surface area contributed by atoms with E-state index in [2.05, 4.69) is 17.9 Å². The molecule has 0 heterocycles. The molecule has 0 spiro atoms. The lowest BCUT2D eigenvalue weighted by molar-refractivity contribution is 0.0527. The van der Waals surface area contributed by atoms with Crippen LogP contribution < -0.4 is 11.1 Å². The van der Waals surface area contributed by atoms with Gasteiger partial charge < -0.3 is 15.8 Å². The summed E-state index contributed by atoms with van der Waals surface area (Å²) in [6.45, 7) is 6.06. The third kappa shape index (κ3) is 9.67. The first-order chi connectivity index (χ1) is 6.31. The van der Waals surface area contributed by atoms with Gasteiger partial charge in [-0.15, -0.1) is 0 Å². The molecular formula is C9H20N2O2S. The van der Waals surface area contributed by atoms with Crippen LogP contribution in [0.1, 0.15) is 33.6 Å². The molecule has 0 aliphatic rings. The monoisotopic (exact) mass is 220 g/mol. The molecule has 0 aliphatic heterocycles. The van der Waals surface area contributed by atoms with Gasteiger partial charge in [0.15, 0.2) is 0 Å². The maximum absolute atomic E-state index is 11.1. The van der Waals surface area contributed by atoms with Crippen LogP contribution in [0.3, 0.4) is 0 Å². The largest absolute Gasteiger partial charge is 0.444 e. The van der Waals surface area contributed by atoms with Crippen molar-refractivity contribution in [3.8, 4) is 0 Å². The van der Waals surface area contributed by atoms with Crippen molar-refractivity contribution >= 4 is 18.7 Å². The van der Waals surface area contributed by atoms with Crippen LogP contribution in [0.25, 0.3) is 0 Å². The molecule has 4 nitrogen and oxygen atoms in total. The Balaban J connectivity index is 3.46. The predicted molar refractivity (Wildman–Crippen MR) is 60.4 cm³/mol. The standard InChI is InChI=1S/C9H20N2O2S/c1-9(2,3)13-8(12)11-6-4-5-7(10)14/h7,14H,4-6,10H2,1-3H3,(H,11,12). The van der Waals surface area contributed by atoms with Crippen LogP contribution in [0.2, 0.25) is 0 Å². The van der Waals surface area contributed by atoms with E-state index < -0.39 is 5.60 Å². The van der Waals surface area contributed by atoms with E-state index in [0.29, 0.717) is 6.54 Å². The summed E-state index contributed by atoms with van der Waals surface area (Å²) in [5, 5.41) is 2.53. The topological polar surface area (TPSA) is 64.3 Å². The molecule has 0 aromatic carbocycles. The first-order valence-corrected chi connectivity index (χ1v) is 5.23. The van der Waals surface area contributed by atoms with Crippen LogP contribution in [0, 0.1) is 0 Å². The summed E-state index contributed by atoms with van der Waals surface area (Å²) in [6.07, 6.45) is 1.20. The van der Waals surface area contributed by atoms with Crippen LogP contribution in [0.15, 0.2) is 0 Å². The van der Waals surface area contributed by atoms with Gasteiger partial charge in [0.1, 0.15) is 5.60 Å². The highest BCUT2D eigenvalue weighted by molar-refractivity contribution is 7.80. The Hall–Kier alpha value is -0.420. The highest BCUT2D eigenvalue weighted by atomic mass is 32.1. The molecule has 0 fully saturated rings. The number of alkyl carbamates (subject to hydrolysis) is 1. The van der Waals surface area contributed by atoms with E-state index in [1.54, 1.807) is 0 Å². The summed E-state index contributed by atoms with van der Waals surface area (Å²) in [7, 11) is 0. The summed E-state index contributed by atoms with van der Waals surface area (Å²) in [4.78, 5) is 11.1. The fraction of sp³-hybridized carbons (Fsp3) is 0.889. The molecule has 0 radical (unpaired) electrons. The Labute approximate surface area is 91.0 Å². The Morgan fingerprint density at radius 2 is 2.14 bits per heavy atom. The van der Waals surface area contributed by atoms with Crippen molar-refractivity contribution in [3.05, 3.63) is 0 Å². The molecule has 3 N–H and O–H groups in total. The van der Waals surface area contributed by atoms with E-state index >= 15 is 0 Å². The summed E-state index contributed by atoms with van der Waals surface area (Å²) in [5.41, 5.74) is 4.99. The molecule has 0 rings (SSSR count). The molecule has 0 aromatic rings. The normalized spacial score (nSPS) is 13.5. The average molecular weight is 220 g/mol. The SMILES string of the molecule is CC(C)(C)OC(=O)NCCCC(N)S. The van der Waals surface area contributed by atoms with E-state index in [-0.39, 0.29) is 11.5 Å². The lowest BCUT2D eigenvalue weighted by atomic mass is 10.2. The fourth-order valence-electron chi connectivity index (χ4n) is 0.816. The van der Waals surface area contributed by atoms with Gasteiger partial charge in [-0.2, -0.15) is 12.6 Å². The highest BCUT2D eigenvalue weighted by Gasteiger charge is 2.15. The van der Waals surface area contributed by atoms with Crippen molar-refractivity contribution in [1.29, 1.82) is 0 Å². The first kappa shape index (κ1) is 13.6. The number of nitrogens with two attached hydrogens (primary N) is 1. The van der Waals surface area contributed by atoms with E-state index in [9.17, 15) is 4.79 Å². The van der Waals surface area contributed by atoms with E-state index in [1.165, 1.54) is 0 Å². The Kier molecular flexibility index (Phi) is 5.95. The molecule has 1 amide bonds. The third-order valence-electron chi connectivity index (χ3n) is 1.34. The van der Waals surface area contributed by atoms with E-state index in [4.69, 9.17) is 10.5 Å². The second kappa shape index (κ2) is 6.14. The van der Waals surface area contributed by atoms with Gasteiger partial charge in [0.2, 0.25) is 0 Å². The lowest BCUT2D eigenvalue weighted by Crippen LogP contribution is -2.33. The first-order valence-electron chi connectivity index (χ1n) is 4.72. The molecule has 0 aliphatic carbocycles. The van der Waals surface area contributed by atoms with Crippen molar-refractivity contribution < 1.29 is 9.53 Å². The zero-order chi connectivity index (χ0) is 11.2. The zero-order valence-corrected chi connectivity index (χ0v) is 9.93. The van der Waals surface area contributed by atoms with E-state index in [0.717, 1.165) is 12.8 Å². The molecule has 1 atom stereocenters. The van der Waals surface area contributed by atoms with Crippen molar-refractivity contribution in [2.75, 3.05) is 6.54 Å². The van der Waals surface area contributed by atoms with Gasteiger partial charge in [-0.05, 0) is 33.6 Å². The predicted octanol–water partition coefficient (Wildman–Crippen LogP) is 1.51. The smallest absolute Gasteiger partial charge is 0.407 e. The average Bonchev–Trinajstić information content (AvgIpc) is 1.94. The minimum absolute atomic E-state index is 0.115. The van der Waals surface area contributed by atoms with Crippen molar-refractivity contribution in [3.63, 3.8) is 0 Å². The zero-order valence-electron chi connectivity index (χ0n) is 9.04. The van der Waals surface area contributed by atoms with Crippen LogP contribution in [-0.4, -0.2) is 23.6 Å². The summed E-state index contributed by atoms with van der Waals surface area (Å²) in [6, 6.07) is 0. The fourth-order valence-corrected chi connectivity index (χ4v) is 0.998. The molecule has 0 bridgehead atoms. The lowest BCUT2D eigenvalue weighted by Gasteiger charge is -2.19. The number of thiol groups is 1. The third-order valence-corrected chi connectivity index (χ3v) is 1.60. The van der Waals surface area contributed by atoms with Crippen LogP contribution >= 0.6 is 12.6 Å². The van der Waals surface area contributed by atoms with Gasteiger partial charge >= 0.3 is 6.09 Å². The number of carbonyl (C=O) groups excluding carboxylic acids is 1. The van der Waals surface area contributed by atoms with Gasteiger partial charge in [-0.1, -0.05) is 0 Å². The van der Waals surface area contributed by atoms with Gasteiger partial charge in [0.25, 0.3) is 0 Å². The van der Waals surface area contributed by atoms with Crippen molar-refractivity contribution in [1.82, 2.24) is 5.32 Å². The minimum atomic E-state index is -0.440. The molecule has 0 aromatic heterocycles. The molecule has 14 heavy (non-hydrogen) atoms. The van der Waals surface area contributed by atoms with Crippen molar-refractivity contribution in [2.24, 2.45) is 5.73 Å². The minimum Gasteiger partial charge on any atom is -0.444 e. The molecular weight excluding hydrogens is 200 g/mol. The molecule has 5 heteroatoms. The van der Waals surface area contributed by atoms with Crippen LogP contribution in [0.4, 0.5) is 4.79 Å². The Morgan fingerprint density at radius 1 is 1.57 bits per heavy atom. The molecule has 0 saturated carbocycles. The summed E-state index contributed by atoms with van der Waals surface area (Å²) < 4.78 is 5.04.